The zero-order valence-corrected chi connectivity index (χ0v) is 16.0. The maximum absolute atomic E-state index is 12.6. The van der Waals surface area contributed by atoms with Crippen LogP contribution in [-0.4, -0.2) is 17.0 Å². The Bertz CT molecular complexity index is 995. The van der Waals surface area contributed by atoms with Crippen molar-refractivity contribution in [2.75, 3.05) is 6.26 Å². The first kappa shape index (κ1) is 17.7. The highest BCUT2D eigenvalue weighted by molar-refractivity contribution is 7.99. The number of nitrogens with one attached hydrogen (secondary N) is 1. The van der Waals surface area contributed by atoms with Crippen LogP contribution in [0, 0.1) is 0 Å². The van der Waals surface area contributed by atoms with E-state index < -0.39 is 0 Å². The van der Waals surface area contributed by atoms with Gasteiger partial charge in [0.1, 0.15) is 10.4 Å². The van der Waals surface area contributed by atoms with Crippen LogP contribution in [0.5, 0.6) is 0 Å². The van der Waals surface area contributed by atoms with Crippen LogP contribution in [0.15, 0.2) is 51.5 Å². The fourth-order valence-electron chi connectivity index (χ4n) is 2.67. The van der Waals surface area contributed by atoms with E-state index in [4.69, 9.17) is 0 Å². The summed E-state index contributed by atoms with van der Waals surface area (Å²) in [5, 5.41) is 2.84. The zero-order valence-electron chi connectivity index (χ0n) is 14.3. The lowest BCUT2D eigenvalue weighted by Gasteiger charge is -2.06. The van der Waals surface area contributed by atoms with Gasteiger partial charge in [0.25, 0.3) is 5.56 Å². The molecule has 3 aromatic rings. The summed E-state index contributed by atoms with van der Waals surface area (Å²) in [4.78, 5) is 29.4. The molecule has 0 unspecified atom stereocenters. The Hall–Kier alpha value is -2.11. The second-order valence-electron chi connectivity index (χ2n) is 6.04. The molecule has 0 atom stereocenters. The molecule has 25 heavy (non-hydrogen) atoms. The molecule has 2 aromatic heterocycles. The number of hydrogen-bond donors (Lipinski definition) is 1. The van der Waals surface area contributed by atoms with Crippen molar-refractivity contribution >= 4 is 45.2 Å². The Morgan fingerprint density at radius 3 is 2.56 bits per heavy atom. The van der Waals surface area contributed by atoms with Crippen molar-refractivity contribution in [1.82, 2.24) is 4.98 Å². The van der Waals surface area contributed by atoms with Gasteiger partial charge in [0.15, 0.2) is 5.78 Å². The summed E-state index contributed by atoms with van der Waals surface area (Å²) >= 11 is 2.90. The van der Waals surface area contributed by atoms with Gasteiger partial charge in [-0.3, -0.25) is 9.59 Å². The summed E-state index contributed by atoms with van der Waals surface area (Å²) in [7, 11) is 0. The first-order valence-electron chi connectivity index (χ1n) is 8.01. The summed E-state index contributed by atoms with van der Waals surface area (Å²) in [6.45, 7) is 4.29. The molecule has 2 heterocycles. The Morgan fingerprint density at radius 1 is 1.20 bits per heavy atom. The van der Waals surface area contributed by atoms with Crippen LogP contribution < -0.4 is 5.56 Å². The second kappa shape index (κ2) is 7.42. The Kier molecular flexibility index (Phi) is 5.25. The molecule has 1 N–H and O–H groups in total. The lowest BCUT2D eigenvalue weighted by atomic mass is 10.0. The number of rotatable bonds is 5. The van der Waals surface area contributed by atoms with Gasteiger partial charge in [0.2, 0.25) is 0 Å². The Labute approximate surface area is 154 Å². The van der Waals surface area contributed by atoms with Crippen LogP contribution in [0.1, 0.15) is 41.3 Å². The molecule has 0 fully saturated rings. The summed E-state index contributed by atoms with van der Waals surface area (Å²) in [6.07, 6.45) is 5.12. The Morgan fingerprint density at radius 2 is 1.92 bits per heavy atom. The molecular formula is C20H19NO2S2. The van der Waals surface area contributed by atoms with Crippen molar-refractivity contribution < 1.29 is 4.79 Å². The summed E-state index contributed by atoms with van der Waals surface area (Å²) in [5.74, 6) is 0.200. The number of thiophene rings is 1. The van der Waals surface area contributed by atoms with Gasteiger partial charge >= 0.3 is 0 Å². The van der Waals surface area contributed by atoms with E-state index in [1.807, 2.05) is 29.8 Å². The molecule has 0 aliphatic carbocycles. The van der Waals surface area contributed by atoms with Crippen LogP contribution in [0.3, 0.4) is 0 Å². The van der Waals surface area contributed by atoms with Crippen LogP contribution in [-0.2, 0) is 0 Å². The molecule has 0 radical (unpaired) electrons. The number of ketones is 1. The summed E-state index contributed by atoms with van der Waals surface area (Å²) < 4.78 is 0. The minimum absolute atomic E-state index is 0.216. The van der Waals surface area contributed by atoms with Crippen LogP contribution >= 0.6 is 23.1 Å². The molecule has 0 amide bonds. The third-order valence-corrected chi connectivity index (χ3v) is 5.73. The molecule has 1 aromatic carbocycles. The average molecular weight is 370 g/mol. The largest absolute Gasteiger partial charge is 0.313 e. The quantitative estimate of drug-likeness (QED) is 0.376. The maximum atomic E-state index is 12.6. The molecule has 3 rings (SSSR count). The number of benzene rings is 1. The first-order chi connectivity index (χ1) is 12.0. The molecule has 5 heteroatoms. The van der Waals surface area contributed by atoms with Crippen molar-refractivity contribution in [3.05, 3.63) is 68.8 Å². The van der Waals surface area contributed by atoms with E-state index in [1.165, 1.54) is 34.7 Å². The number of aromatic amines is 1. The average Bonchev–Trinajstić information content (AvgIpc) is 3.06. The molecule has 0 saturated heterocycles. The van der Waals surface area contributed by atoms with Crippen LogP contribution in [0.25, 0.3) is 16.3 Å². The number of thioether (sulfide) groups is 1. The third-order valence-electron chi connectivity index (χ3n) is 4.07. The number of H-pyrrole nitrogens is 1. The molecule has 3 nitrogen and oxygen atoms in total. The number of allylic oxidation sites excluding steroid dienone is 1. The van der Waals surface area contributed by atoms with Crippen LogP contribution in [0.4, 0.5) is 0 Å². The third kappa shape index (κ3) is 3.62. The number of fused-ring (bicyclic) bond motifs is 1. The topological polar surface area (TPSA) is 49.9 Å². The van der Waals surface area contributed by atoms with Crippen molar-refractivity contribution in [2.24, 2.45) is 0 Å². The fourth-order valence-corrected chi connectivity index (χ4v) is 4.31. The number of carbonyl (C=O) groups is 1. The van der Waals surface area contributed by atoms with E-state index in [0.717, 1.165) is 20.7 Å². The minimum Gasteiger partial charge on any atom is -0.313 e. The smallest absolute Gasteiger partial charge is 0.261 e. The van der Waals surface area contributed by atoms with Gasteiger partial charge in [0.05, 0.1) is 0 Å². The monoisotopic (exact) mass is 369 g/mol. The predicted octanol–water partition coefficient (Wildman–Crippen LogP) is 5.33. The number of carbonyl (C=O) groups excluding carboxylic acids is 1. The zero-order chi connectivity index (χ0) is 18.0. The Balaban J connectivity index is 1.94. The van der Waals surface area contributed by atoms with E-state index in [-0.39, 0.29) is 16.9 Å². The lowest BCUT2D eigenvalue weighted by Crippen LogP contribution is -2.17. The van der Waals surface area contributed by atoms with Gasteiger partial charge in [-0.2, -0.15) is 0 Å². The van der Waals surface area contributed by atoms with Gasteiger partial charge in [0, 0.05) is 10.3 Å². The molecule has 0 aliphatic heterocycles. The summed E-state index contributed by atoms with van der Waals surface area (Å²) in [6, 6.07) is 10.0. The van der Waals surface area contributed by atoms with E-state index in [2.05, 4.69) is 31.0 Å². The van der Waals surface area contributed by atoms with Crippen LogP contribution in [0.2, 0.25) is 0 Å². The fraction of sp³-hybridized carbons (Fsp3) is 0.200. The number of pyridine rings is 1. The van der Waals surface area contributed by atoms with E-state index in [0.29, 0.717) is 5.92 Å². The molecule has 0 saturated carbocycles. The molecule has 128 valence electrons. The molecule has 0 bridgehead atoms. The molecule has 0 aliphatic rings. The van der Waals surface area contributed by atoms with Gasteiger partial charge in [-0.05, 0) is 40.8 Å². The standard InChI is InChI=1S/C20H19NO2S2/c1-12(2)14-7-4-13(5-8-14)6-9-16(22)17-18(24-3)15-10-11-25-20(15)21-19(17)23/h4-12H,1-3H3,(H,21,23)/b9-6+. The van der Waals surface area contributed by atoms with E-state index >= 15 is 0 Å². The summed E-state index contributed by atoms with van der Waals surface area (Å²) in [5.41, 5.74) is 2.08. The van der Waals surface area contributed by atoms with Crippen molar-refractivity contribution in [3.8, 4) is 0 Å². The number of hydrogen-bond acceptors (Lipinski definition) is 4. The molecular weight excluding hydrogens is 350 g/mol. The van der Waals surface area contributed by atoms with Gasteiger partial charge in [-0.1, -0.05) is 44.2 Å². The molecule has 0 spiro atoms. The first-order valence-corrected chi connectivity index (χ1v) is 10.1. The van der Waals surface area contributed by atoms with Crippen molar-refractivity contribution in [1.29, 1.82) is 0 Å². The predicted molar refractivity (Wildman–Crippen MR) is 108 cm³/mol. The van der Waals surface area contributed by atoms with Gasteiger partial charge in [-0.25, -0.2) is 0 Å². The highest BCUT2D eigenvalue weighted by atomic mass is 32.2. The maximum Gasteiger partial charge on any atom is 0.261 e. The SMILES string of the molecule is CSc1c(C(=O)/C=C/c2ccc(C(C)C)cc2)c(=O)[nH]c2sccc12. The van der Waals surface area contributed by atoms with Gasteiger partial charge < -0.3 is 4.98 Å². The van der Waals surface area contributed by atoms with Gasteiger partial charge in [-0.15, -0.1) is 23.1 Å². The lowest BCUT2D eigenvalue weighted by molar-refractivity contribution is 0.104. The minimum atomic E-state index is -0.330. The highest BCUT2D eigenvalue weighted by Gasteiger charge is 2.17. The van der Waals surface area contributed by atoms with Crippen molar-refractivity contribution in [2.45, 2.75) is 24.7 Å². The second-order valence-corrected chi connectivity index (χ2v) is 7.78. The highest BCUT2D eigenvalue weighted by Crippen LogP contribution is 2.30. The van der Waals surface area contributed by atoms with Crippen molar-refractivity contribution in [3.63, 3.8) is 0 Å². The normalized spacial score (nSPS) is 11.7. The number of aromatic nitrogens is 1. The van der Waals surface area contributed by atoms with E-state index in [9.17, 15) is 9.59 Å². The van der Waals surface area contributed by atoms with E-state index in [1.54, 1.807) is 6.08 Å².